The number of para-hydroxylation sites is 1. The summed E-state index contributed by atoms with van der Waals surface area (Å²) in [6, 6.07) is 10.4. The van der Waals surface area contributed by atoms with Crippen LogP contribution in [0.3, 0.4) is 0 Å². The Kier molecular flexibility index (Phi) is 6.67. The van der Waals surface area contributed by atoms with Gasteiger partial charge in [-0.15, -0.1) is 0 Å². The molecule has 1 aromatic rings. The highest BCUT2D eigenvalue weighted by Crippen LogP contribution is 2.10. The van der Waals surface area contributed by atoms with E-state index >= 15 is 0 Å². The second-order valence-corrected chi connectivity index (χ2v) is 4.38. The average Bonchev–Trinajstić information content (AvgIpc) is 2.38. The zero-order chi connectivity index (χ0) is 12.5. The van der Waals surface area contributed by atoms with E-state index in [1.54, 1.807) is 0 Å². The Bertz CT molecular complexity index is 290. The Balaban J connectivity index is 2.11. The fraction of sp³-hybridized carbons (Fsp3) is 0.571. The third-order valence-corrected chi connectivity index (χ3v) is 2.90. The van der Waals surface area contributed by atoms with Crippen LogP contribution in [0.2, 0.25) is 0 Å². The fourth-order valence-electron chi connectivity index (χ4n) is 1.67. The minimum Gasteiger partial charge on any atom is -0.392 e. The summed E-state index contributed by atoms with van der Waals surface area (Å²) in [5.74, 6) is 0. The highest BCUT2D eigenvalue weighted by Gasteiger charge is 2.01. The molecule has 0 radical (unpaired) electrons. The Hall–Kier alpha value is -1.06. The van der Waals surface area contributed by atoms with Gasteiger partial charge in [0, 0.05) is 25.8 Å². The lowest BCUT2D eigenvalue weighted by Gasteiger charge is -2.19. The molecule has 0 bridgehead atoms. The summed E-state index contributed by atoms with van der Waals surface area (Å²) < 4.78 is 0. The van der Waals surface area contributed by atoms with E-state index in [1.165, 1.54) is 5.69 Å². The van der Waals surface area contributed by atoms with Crippen LogP contribution < -0.4 is 10.2 Å². The fourth-order valence-corrected chi connectivity index (χ4v) is 1.67. The molecule has 96 valence electrons. The van der Waals surface area contributed by atoms with Crippen LogP contribution in [0.15, 0.2) is 30.3 Å². The summed E-state index contributed by atoms with van der Waals surface area (Å²) >= 11 is 0. The first-order chi connectivity index (χ1) is 8.24. The van der Waals surface area contributed by atoms with E-state index in [4.69, 9.17) is 0 Å². The highest BCUT2D eigenvalue weighted by atomic mass is 16.3. The summed E-state index contributed by atoms with van der Waals surface area (Å²) in [5.41, 5.74) is 1.25. The van der Waals surface area contributed by atoms with Gasteiger partial charge < -0.3 is 15.3 Å². The molecule has 0 aliphatic heterocycles. The molecule has 1 rings (SSSR count). The highest BCUT2D eigenvalue weighted by molar-refractivity contribution is 5.44. The standard InChI is InChI=1S/C14H24N2O/c1-3-14(17)12-15-10-7-11-16(2)13-8-5-4-6-9-13/h4-6,8-9,14-15,17H,3,7,10-12H2,1-2H3. The molecule has 0 saturated carbocycles. The maximum absolute atomic E-state index is 9.37. The number of aliphatic hydroxyl groups is 1. The zero-order valence-electron chi connectivity index (χ0n) is 10.9. The van der Waals surface area contributed by atoms with Crippen molar-refractivity contribution in [1.82, 2.24) is 5.32 Å². The number of nitrogens with one attached hydrogen (secondary N) is 1. The Morgan fingerprint density at radius 2 is 2.00 bits per heavy atom. The van der Waals surface area contributed by atoms with Gasteiger partial charge in [0.15, 0.2) is 0 Å². The zero-order valence-corrected chi connectivity index (χ0v) is 10.9. The van der Waals surface area contributed by atoms with Gasteiger partial charge in [-0.1, -0.05) is 25.1 Å². The minimum absolute atomic E-state index is 0.207. The lowest BCUT2D eigenvalue weighted by Crippen LogP contribution is -2.29. The van der Waals surface area contributed by atoms with Crippen molar-refractivity contribution in [3.8, 4) is 0 Å². The topological polar surface area (TPSA) is 35.5 Å². The van der Waals surface area contributed by atoms with Crippen LogP contribution in [-0.2, 0) is 0 Å². The van der Waals surface area contributed by atoms with Crippen LogP contribution in [0.1, 0.15) is 19.8 Å². The van der Waals surface area contributed by atoms with E-state index in [0.717, 1.165) is 25.9 Å². The molecule has 1 atom stereocenters. The summed E-state index contributed by atoms with van der Waals surface area (Å²) in [6.45, 7) is 4.68. The molecule has 0 aromatic heterocycles. The molecule has 0 amide bonds. The molecule has 0 aliphatic carbocycles. The number of hydrogen-bond acceptors (Lipinski definition) is 3. The van der Waals surface area contributed by atoms with E-state index in [-0.39, 0.29) is 6.10 Å². The van der Waals surface area contributed by atoms with Gasteiger partial charge in [-0.25, -0.2) is 0 Å². The lowest BCUT2D eigenvalue weighted by molar-refractivity contribution is 0.167. The molecule has 0 fully saturated rings. The molecule has 17 heavy (non-hydrogen) atoms. The van der Waals surface area contributed by atoms with Gasteiger partial charge in [-0.2, -0.15) is 0 Å². The van der Waals surface area contributed by atoms with Crippen molar-refractivity contribution in [1.29, 1.82) is 0 Å². The molecule has 0 spiro atoms. The van der Waals surface area contributed by atoms with Crippen LogP contribution in [0.5, 0.6) is 0 Å². The molecular formula is C14H24N2O. The lowest BCUT2D eigenvalue weighted by atomic mass is 10.2. The summed E-state index contributed by atoms with van der Waals surface area (Å²) in [6.07, 6.45) is 1.69. The van der Waals surface area contributed by atoms with E-state index in [2.05, 4.69) is 41.5 Å². The van der Waals surface area contributed by atoms with Gasteiger partial charge in [0.2, 0.25) is 0 Å². The number of rotatable bonds is 8. The predicted octanol–water partition coefficient (Wildman–Crippen LogP) is 1.87. The Labute approximate surface area is 104 Å². The second kappa shape index (κ2) is 8.09. The van der Waals surface area contributed by atoms with E-state index in [0.29, 0.717) is 6.54 Å². The minimum atomic E-state index is -0.207. The molecular weight excluding hydrogens is 212 g/mol. The van der Waals surface area contributed by atoms with Crippen LogP contribution >= 0.6 is 0 Å². The molecule has 3 heteroatoms. The van der Waals surface area contributed by atoms with Crippen LogP contribution in [0.25, 0.3) is 0 Å². The normalized spacial score (nSPS) is 12.4. The molecule has 0 saturated heterocycles. The van der Waals surface area contributed by atoms with Gasteiger partial charge in [-0.05, 0) is 31.5 Å². The number of nitrogens with zero attached hydrogens (tertiary/aromatic N) is 1. The molecule has 1 aromatic carbocycles. The maximum Gasteiger partial charge on any atom is 0.0662 e. The van der Waals surface area contributed by atoms with E-state index in [9.17, 15) is 5.11 Å². The summed E-state index contributed by atoms with van der Waals surface area (Å²) in [4.78, 5) is 2.25. The molecule has 1 unspecified atom stereocenters. The molecule has 2 N–H and O–H groups in total. The van der Waals surface area contributed by atoms with Gasteiger partial charge in [-0.3, -0.25) is 0 Å². The molecule has 3 nitrogen and oxygen atoms in total. The number of anilines is 1. The first kappa shape index (κ1) is 14.0. The Morgan fingerprint density at radius 3 is 2.65 bits per heavy atom. The van der Waals surface area contributed by atoms with Crippen LogP contribution in [-0.4, -0.2) is 37.9 Å². The van der Waals surface area contributed by atoms with Crippen molar-refractivity contribution < 1.29 is 5.11 Å². The van der Waals surface area contributed by atoms with Crippen LogP contribution in [0.4, 0.5) is 5.69 Å². The molecule has 0 heterocycles. The van der Waals surface area contributed by atoms with Gasteiger partial charge >= 0.3 is 0 Å². The van der Waals surface area contributed by atoms with Gasteiger partial charge in [0.05, 0.1) is 6.10 Å². The Morgan fingerprint density at radius 1 is 1.29 bits per heavy atom. The number of hydrogen-bond donors (Lipinski definition) is 2. The first-order valence-corrected chi connectivity index (χ1v) is 6.39. The van der Waals surface area contributed by atoms with Crippen molar-refractivity contribution in [2.24, 2.45) is 0 Å². The molecule has 0 aliphatic rings. The van der Waals surface area contributed by atoms with Crippen molar-refractivity contribution in [2.45, 2.75) is 25.9 Å². The third kappa shape index (κ3) is 5.71. The SMILES string of the molecule is CCC(O)CNCCCN(C)c1ccccc1. The van der Waals surface area contributed by atoms with Crippen LogP contribution in [0, 0.1) is 0 Å². The quantitative estimate of drug-likeness (QED) is 0.676. The van der Waals surface area contributed by atoms with Crippen molar-refractivity contribution >= 4 is 5.69 Å². The third-order valence-electron chi connectivity index (χ3n) is 2.90. The summed E-state index contributed by atoms with van der Waals surface area (Å²) in [5, 5.41) is 12.6. The second-order valence-electron chi connectivity index (χ2n) is 4.38. The van der Waals surface area contributed by atoms with Gasteiger partial charge in [0.25, 0.3) is 0 Å². The first-order valence-electron chi connectivity index (χ1n) is 6.39. The monoisotopic (exact) mass is 236 g/mol. The predicted molar refractivity (Wildman–Crippen MR) is 73.5 cm³/mol. The van der Waals surface area contributed by atoms with Crippen molar-refractivity contribution in [3.63, 3.8) is 0 Å². The summed E-state index contributed by atoms with van der Waals surface area (Å²) in [7, 11) is 2.11. The van der Waals surface area contributed by atoms with Crippen molar-refractivity contribution in [2.75, 3.05) is 31.6 Å². The number of benzene rings is 1. The van der Waals surface area contributed by atoms with E-state index in [1.807, 2.05) is 13.0 Å². The largest absolute Gasteiger partial charge is 0.392 e. The van der Waals surface area contributed by atoms with Crippen molar-refractivity contribution in [3.05, 3.63) is 30.3 Å². The smallest absolute Gasteiger partial charge is 0.0662 e. The maximum atomic E-state index is 9.37. The number of aliphatic hydroxyl groups excluding tert-OH is 1. The average molecular weight is 236 g/mol. The van der Waals surface area contributed by atoms with Gasteiger partial charge in [0.1, 0.15) is 0 Å². The van der Waals surface area contributed by atoms with E-state index < -0.39 is 0 Å².